The van der Waals surface area contributed by atoms with E-state index < -0.39 is 0 Å². The fourth-order valence-corrected chi connectivity index (χ4v) is 5.84. The van der Waals surface area contributed by atoms with Crippen LogP contribution in [0, 0.1) is 17.8 Å². The maximum Gasteiger partial charge on any atom is 0.318 e. The molecule has 3 saturated heterocycles. The molecule has 1 aromatic carbocycles. The Morgan fingerprint density at radius 1 is 1.09 bits per heavy atom. The van der Waals surface area contributed by atoms with Gasteiger partial charge in [-0.05, 0) is 39.2 Å². The van der Waals surface area contributed by atoms with Gasteiger partial charge in [-0.25, -0.2) is 4.79 Å². The molecule has 3 heteroatoms. The fraction of sp³-hybridized carbons (Fsp3) is 0.650. The van der Waals surface area contributed by atoms with Crippen molar-refractivity contribution in [3.63, 3.8) is 0 Å². The van der Waals surface area contributed by atoms with Crippen molar-refractivity contribution in [3.8, 4) is 0 Å². The van der Waals surface area contributed by atoms with Gasteiger partial charge in [-0.1, -0.05) is 30.3 Å². The number of nitrogens with zero attached hydrogens (tertiary/aromatic N) is 1. The Kier molecular flexibility index (Phi) is 3.12. The molecule has 4 aliphatic rings. The number of benzene rings is 1. The Morgan fingerprint density at radius 3 is 2.22 bits per heavy atom. The highest BCUT2D eigenvalue weighted by molar-refractivity contribution is 5.73. The summed E-state index contributed by atoms with van der Waals surface area (Å²) in [7, 11) is 0. The molecule has 4 bridgehead atoms. The Bertz CT molecular complexity index is 616. The van der Waals surface area contributed by atoms with Gasteiger partial charge in [-0.3, -0.25) is 4.48 Å². The minimum Gasteiger partial charge on any atom is -0.324 e. The predicted octanol–water partition coefficient (Wildman–Crippen LogP) is 2.74. The number of quaternary nitrogens is 1. The zero-order chi connectivity index (χ0) is 16.5. The number of carbonyl (C=O) groups is 1. The lowest BCUT2D eigenvalue weighted by Gasteiger charge is -2.69. The van der Waals surface area contributed by atoms with Gasteiger partial charge in [0.2, 0.25) is 0 Å². The second kappa shape index (κ2) is 4.67. The van der Waals surface area contributed by atoms with E-state index in [9.17, 15) is 4.79 Å². The summed E-state index contributed by atoms with van der Waals surface area (Å²) in [5, 5.41) is 0. The molecule has 0 spiro atoms. The third-order valence-electron chi connectivity index (χ3n) is 7.74. The first-order valence-corrected chi connectivity index (χ1v) is 9.01. The number of rotatable bonds is 2. The molecule has 2 unspecified atom stereocenters. The van der Waals surface area contributed by atoms with Crippen LogP contribution in [0.4, 0.5) is 0 Å². The van der Waals surface area contributed by atoms with Crippen molar-refractivity contribution >= 4 is 5.91 Å². The molecular weight excluding hydrogens is 284 g/mol. The van der Waals surface area contributed by atoms with Gasteiger partial charge in [0.15, 0.2) is 0 Å². The van der Waals surface area contributed by atoms with Crippen LogP contribution < -0.4 is 5.73 Å². The number of hydrogen-bond acceptors (Lipinski definition) is 2. The molecule has 1 aromatic rings. The van der Waals surface area contributed by atoms with Crippen LogP contribution >= 0.6 is 0 Å². The third-order valence-corrected chi connectivity index (χ3v) is 7.74. The standard InChI is InChI=1S/C20H29N2O/c1-19(2)15-10-16-12-22(19,13-17(11-15)20(16,3)21)18(23)9-14-7-5-4-6-8-14/h4-8,15-17H,9-13,21H2,1-3H3/q+1. The number of nitrogens with two attached hydrogens (primary N) is 1. The molecule has 124 valence electrons. The summed E-state index contributed by atoms with van der Waals surface area (Å²) in [5.41, 5.74) is 7.80. The smallest absolute Gasteiger partial charge is 0.318 e. The van der Waals surface area contributed by atoms with Crippen LogP contribution in [-0.2, 0) is 11.2 Å². The van der Waals surface area contributed by atoms with Crippen molar-refractivity contribution in [1.82, 2.24) is 0 Å². The lowest BCUT2D eigenvalue weighted by atomic mass is 9.52. The van der Waals surface area contributed by atoms with Crippen molar-refractivity contribution in [3.05, 3.63) is 35.9 Å². The summed E-state index contributed by atoms with van der Waals surface area (Å²) in [6, 6.07) is 10.2. The monoisotopic (exact) mass is 313 g/mol. The highest BCUT2D eigenvalue weighted by atomic mass is 16.2. The molecule has 3 nitrogen and oxygen atoms in total. The number of piperidine rings is 3. The third kappa shape index (κ3) is 1.93. The van der Waals surface area contributed by atoms with E-state index in [0.717, 1.165) is 18.7 Å². The van der Waals surface area contributed by atoms with Gasteiger partial charge in [0.05, 0.1) is 19.5 Å². The van der Waals surface area contributed by atoms with Crippen LogP contribution in [0.1, 0.15) is 39.2 Å². The normalized spacial score (nSPS) is 43.6. The average molecular weight is 313 g/mol. The quantitative estimate of drug-likeness (QED) is 0.853. The van der Waals surface area contributed by atoms with E-state index in [0.29, 0.717) is 34.6 Å². The Morgan fingerprint density at radius 2 is 1.65 bits per heavy atom. The topological polar surface area (TPSA) is 43.1 Å². The molecule has 1 amide bonds. The van der Waals surface area contributed by atoms with E-state index >= 15 is 0 Å². The van der Waals surface area contributed by atoms with Crippen molar-refractivity contribution in [2.24, 2.45) is 23.5 Å². The van der Waals surface area contributed by atoms with Crippen LogP contribution in [0.15, 0.2) is 30.3 Å². The molecule has 5 rings (SSSR count). The largest absolute Gasteiger partial charge is 0.324 e. The molecule has 2 atom stereocenters. The Balaban J connectivity index is 1.70. The number of amides is 1. The van der Waals surface area contributed by atoms with Crippen LogP contribution in [-0.4, -0.2) is 34.6 Å². The summed E-state index contributed by atoms with van der Waals surface area (Å²) >= 11 is 0. The average Bonchev–Trinajstić information content (AvgIpc) is 2.46. The second-order valence-corrected chi connectivity index (χ2v) is 8.97. The molecule has 1 aliphatic carbocycles. The minimum absolute atomic E-state index is 0.0510. The van der Waals surface area contributed by atoms with Crippen molar-refractivity contribution in [2.75, 3.05) is 13.1 Å². The maximum atomic E-state index is 13.4. The fourth-order valence-electron chi connectivity index (χ4n) is 5.84. The number of carbonyl (C=O) groups excluding carboxylic acids is 1. The van der Waals surface area contributed by atoms with E-state index in [-0.39, 0.29) is 11.1 Å². The summed E-state index contributed by atoms with van der Waals surface area (Å²) in [5.74, 6) is 2.02. The van der Waals surface area contributed by atoms with E-state index in [1.807, 2.05) is 18.2 Å². The molecule has 0 aromatic heterocycles. The Labute approximate surface area is 139 Å². The summed E-state index contributed by atoms with van der Waals surface area (Å²) in [6.07, 6.45) is 2.96. The molecule has 3 heterocycles. The van der Waals surface area contributed by atoms with Gasteiger partial charge in [-0.2, -0.15) is 0 Å². The summed E-state index contributed by atoms with van der Waals surface area (Å²) < 4.78 is 0.661. The van der Waals surface area contributed by atoms with Gasteiger partial charge in [0, 0.05) is 23.3 Å². The molecular formula is C20H29N2O+. The number of hydrogen-bond donors (Lipinski definition) is 1. The lowest BCUT2D eigenvalue weighted by molar-refractivity contribution is -0.935. The molecule has 0 radical (unpaired) electrons. The van der Waals surface area contributed by atoms with E-state index in [1.165, 1.54) is 12.8 Å². The molecule has 2 N–H and O–H groups in total. The van der Waals surface area contributed by atoms with Crippen molar-refractivity contribution in [1.29, 1.82) is 0 Å². The van der Waals surface area contributed by atoms with Crippen molar-refractivity contribution < 1.29 is 9.28 Å². The van der Waals surface area contributed by atoms with Gasteiger partial charge < -0.3 is 5.73 Å². The zero-order valence-electron chi connectivity index (χ0n) is 14.6. The SMILES string of the molecule is CC1(N)C2CC3CC1C[N+](C(=O)Cc1ccccc1)(C2)C3(C)C. The second-order valence-electron chi connectivity index (χ2n) is 8.97. The first-order valence-electron chi connectivity index (χ1n) is 9.01. The summed E-state index contributed by atoms with van der Waals surface area (Å²) in [6.45, 7) is 8.77. The van der Waals surface area contributed by atoms with Crippen LogP contribution in [0.2, 0.25) is 0 Å². The highest BCUT2D eigenvalue weighted by Gasteiger charge is 2.69. The van der Waals surface area contributed by atoms with Gasteiger partial charge in [-0.15, -0.1) is 0 Å². The first kappa shape index (κ1) is 15.3. The molecule has 23 heavy (non-hydrogen) atoms. The zero-order valence-corrected chi connectivity index (χ0v) is 14.6. The molecule has 4 fully saturated rings. The lowest BCUT2D eigenvalue weighted by Crippen LogP contribution is -2.83. The van der Waals surface area contributed by atoms with Gasteiger partial charge in [0.25, 0.3) is 0 Å². The minimum atomic E-state index is -0.0816. The van der Waals surface area contributed by atoms with Crippen LogP contribution in [0.5, 0.6) is 0 Å². The van der Waals surface area contributed by atoms with Gasteiger partial charge in [0.1, 0.15) is 5.54 Å². The van der Waals surface area contributed by atoms with E-state index in [2.05, 4.69) is 32.9 Å². The molecule has 1 saturated carbocycles. The van der Waals surface area contributed by atoms with Crippen LogP contribution in [0.3, 0.4) is 0 Å². The van der Waals surface area contributed by atoms with Crippen LogP contribution in [0.25, 0.3) is 0 Å². The first-order chi connectivity index (χ1) is 10.8. The van der Waals surface area contributed by atoms with Gasteiger partial charge >= 0.3 is 5.91 Å². The summed E-state index contributed by atoms with van der Waals surface area (Å²) in [4.78, 5) is 13.4. The Hall–Kier alpha value is -1.19. The molecule has 3 aliphatic heterocycles. The van der Waals surface area contributed by atoms with Crippen molar-refractivity contribution in [2.45, 2.75) is 51.1 Å². The highest BCUT2D eigenvalue weighted by Crippen LogP contribution is 2.58. The maximum absolute atomic E-state index is 13.4. The van der Waals surface area contributed by atoms with E-state index in [4.69, 9.17) is 5.73 Å². The predicted molar refractivity (Wildman–Crippen MR) is 91.5 cm³/mol. The van der Waals surface area contributed by atoms with E-state index in [1.54, 1.807) is 0 Å².